The van der Waals surface area contributed by atoms with E-state index in [1.165, 1.54) is 5.56 Å². The van der Waals surface area contributed by atoms with Gasteiger partial charge < -0.3 is 14.3 Å². The van der Waals surface area contributed by atoms with Crippen LogP contribution in [0.15, 0.2) is 48.5 Å². The number of benzene rings is 2. The second-order valence-corrected chi connectivity index (χ2v) is 8.56. The van der Waals surface area contributed by atoms with Gasteiger partial charge in [0.1, 0.15) is 11.5 Å². The van der Waals surface area contributed by atoms with Crippen molar-refractivity contribution in [1.29, 1.82) is 0 Å². The first-order valence-corrected chi connectivity index (χ1v) is 10.2. The van der Waals surface area contributed by atoms with Gasteiger partial charge in [-0.3, -0.25) is 4.57 Å². The van der Waals surface area contributed by atoms with Crippen LogP contribution in [0.3, 0.4) is 0 Å². The van der Waals surface area contributed by atoms with Crippen molar-refractivity contribution in [3.8, 4) is 11.5 Å². The van der Waals surface area contributed by atoms with Crippen molar-refractivity contribution in [2.24, 2.45) is 0 Å². The quantitative estimate of drug-likeness (QED) is 0.632. The normalized spacial score (nSPS) is 13.6. The Hall–Kier alpha value is -1.93. The number of hydrogen-bond donors (Lipinski definition) is 1. The number of rotatable bonds is 7. The van der Waals surface area contributed by atoms with E-state index in [0.717, 1.165) is 11.4 Å². The molecule has 0 bridgehead atoms. The molecule has 0 aliphatic rings. The summed E-state index contributed by atoms with van der Waals surface area (Å²) in [6, 6.07) is 15.1. The predicted octanol–water partition coefficient (Wildman–Crippen LogP) is 5.91. The number of anilines is 1. The summed E-state index contributed by atoms with van der Waals surface area (Å²) < 4.78 is 23.9. The predicted molar refractivity (Wildman–Crippen MR) is 101 cm³/mol. The molecule has 2 aromatic rings. The summed E-state index contributed by atoms with van der Waals surface area (Å²) in [5, 5.41) is 2.96. The van der Waals surface area contributed by atoms with E-state index in [2.05, 4.69) is 18.9 Å². The Labute approximate surface area is 144 Å². The topological polar surface area (TPSA) is 47.6 Å². The first-order chi connectivity index (χ1) is 11.2. The van der Waals surface area contributed by atoms with Gasteiger partial charge in [-0.2, -0.15) is 0 Å². The van der Waals surface area contributed by atoms with E-state index < -0.39 is 7.52 Å². The van der Waals surface area contributed by atoms with Gasteiger partial charge in [-0.15, -0.1) is 0 Å². The third kappa shape index (κ3) is 5.61. The van der Waals surface area contributed by atoms with Crippen LogP contribution < -0.4 is 14.3 Å². The molecule has 5 heteroatoms. The summed E-state index contributed by atoms with van der Waals surface area (Å²) in [5.41, 5.74) is 1.96. The van der Waals surface area contributed by atoms with Crippen LogP contribution in [0.4, 0.5) is 5.69 Å². The zero-order valence-corrected chi connectivity index (χ0v) is 15.8. The van der Waals surface area contributed by atoms with E-state index >= 15 is 0 Å². The Morgan fingerprint density at radius 2 is 1.42 bits per heavy atom. The van der Waals surface area contributed by atoms with Crippen LogP contribution in [0.1, 0.15) is 39.2 Å². The van der Waals surface area contributed by atoms with Crippen molar-refractivity contribution in [2.75, 3.05) is 11.8 Å². The zero-order valence-electron chi connectivity index (χ0n) is 14.9. The summed E-state index contributed by atoms with van der Waals surface area (Å²) in [6.07, 6.45) is 0.123. The molecule has 1 unspecified atom stereocenters. The van der Waals surface area contributed by atoms with Crippen molar-refractivity contribution in [3.63, 3.8) is 0 Å². The highest BCUT2D eigenvalue weighted by Crippen LogP contribution is 2.43. The van der Waals surface area contributed by atoms with Gasteiger partial charge in [0.05, 0.1) is 6.10 Å². The third-order valence-electron chi connectivity index (χ3n) is 3.38. The Morgan fingerprint density at radius 3 is 1.92 bits per heavy atom. The Morgan fingerprint density at radius 1 is 0.875 bits per heavy atom. The molecule has 0 aromatic heterocycles. The molecule has 2 rings (SSSR count). The van der Waals surface area contributed by atoms with Crippen LogP contribution in [-0.4, -0.2) is 12.8 Å². The van der Waals surface area contributed by atoms with Crippen LogP contribution in [-0.2, 0) is 4.57 Å². The maximum absolute atomic E-state index is 12.7. The molecule has 0 fully saturated rings. The molecule has 1 N–H and O–H groups in total. The molecule has 0 saturated carbocycles. The van der Waals surface area contributed by atoms with Gasteiger partial charge in [-0.05, 0) is 61.7 Å². The molecule has 0 spiro atoms. The molecule has 0 heterocycles. The van der Waals surface area contributed by atoms with Crippen molar-refractivity contribution >= 4 is 13.2 Å². The minimum absolute atomic E-state index is 0.123. The highest BCUT2D eigenvalue weighted by Gasteiger charge is 2.17. The second-order valence-electron chi connectivity index (χ2n) is 6.46. The van der Waals surface area contributed by atoms with E-state index in [1.807, 2.05) is 62.4 Å². The summed E-state index contributed by atoms with van der Waals surface area (Å²) in [6.45, 7) is 9.79. The molecule has 130 valence electrons. The van der Waals surface area contributed by atoms with Crippen LogP contribution in [0.5, 0.6) is 11.5 Å². The molecule has 0 radical (unpaired) electrons. The molecule has 24 heavy (non-hydrogen) atoms. The van der Waals surface area contributed by atoms with Crippen molar-refractivity contribution in [3.05, 3.63) is 54.1 Å². The van der Waals surface area contributed by atoms with Gasteiger partial charge in [-0.25, -0.2) is 0 Å². The molecular weight excluding hydrogens is 321 g/mol. The number of nitrogens with one attached hydrogen (secondary N) is 1. The summed E-state index contributed by atoms with van der Waals surface area (Å²) in [5.74, 6) is 1.83. The molecule has 0 aliphatic heterocycles. The Balaban J connectivity index is 2.01. The third-order valence-corrected chi connectivity index (χ3v) is 4.61. The molecule has 4 nitrogen and oxygen atoms in total. The van der Waals surface area contributed by atoms with Crippen molar-refractivity contribution in [1.82, 2.24) is 0 Å². The van der Waals surface area contributed by atoms with E-state index in [0.29, 0.717) is 11.7 Å². The fraction of sp³-hybridized carbons (Fsp3) is 0.368. The molecule has 0 aliphatic carbocycles. The lowest BCUT2D eigenvalue weighted by Gasteiger charge is -2.18. The van der Waals surface area contributed by atoms with Crippen LogP contribution in [0.25, 0.3) is 0 Å². The van der Waals surface area contributed by atoms with Gasteiger partial charge in [0.2, 0.25) is 0 Å². The van der Waals surface area contributed by atoms with E-state index in [9.17, 15) is 4.57 Å². The molecule has 0 saturated heterocycles. The maximum atomic E-state index is 12.7. The minimum atomic E-state index is -3.01. The molecule has 0 amide bonds. The zero-order chi connectivity index (χ0) is 17.7. The van der Waals surface area contributed by atoms with E-state index in [1.54, 1.807) is 6.66 Å². The van der Waals surface area contributed by atoms with Gasteiger partial charge in [0, 0.05) is 12.4 Å². The average Bonchev–Trinajstić information content (AvgIpc) is 2.48. The fourth-order valence-electron chi connectivity index (χ4n) is 2.25. The first-order valence-electron chi connectivity index (χ1n) is 8.17. The van der Waals surface area contributed by atoms with Gasteiger partial charge >= 0.3 is 7.52 Å². The SMILES string of the molecule is CC(C)Oc1ccc(NP(C)(=O)Oc2ccc(C(C)C)cc2)cc1. The Bertz CT molecular complexity index is 694. The highest BCUT2D eigenvalue weighted by molar-refractivity contribution is 7.60. The first kappa shape index (κ1) is 18.4. The summed E-state index contributed by atoms with van der Waals surface area (Å²) in [4.78, 5) is 0. The lowest BCUT2D eigenvalue weighted by Crippen LogP contribution is -2.06. The van der Waals surface area contributed by atoms with Crippen LogP contribution in [0, 0.1) is 0 Å². The monoisotopic (exact) mass is 347 g/mol. The summed E-state index contributed by atoms with van der Waals surface area (Å²) >= 11 is 0. The van der Waals surface area contributed by atoms with E-state index in [-0.39, 0.29) is 6.10 Å². The minimum Gasteiger partial charge on any atom is -0.491 e. The standard InChI is InChI=1S/C19H26NO3P/c1-14(2)16-6-10-19(11-7-16)23-24(5,21)20-17-8-12-18(13-9-17)22-15(3)4/h6-15H,1-5H3,(H,20,21). The van der Waals surface area contributed by atoms with Crippen molar-refractivity contribution in [2.45, 2.75) is 39.7 Å². The van der Waals surface area contributed by atoms with Crippen LogP contribution in [0.2, 0.25) is 0 Å². The number of hydrogen-bond acceptors (Lipinski definition) is 3. The second kappa shape index (κ2) is 7.76. The summed E-state index contributed by atoms with van der Waals surface area (Å²) in [7, 11) is -3.01. The molecule has 1 atom stereocenters. The van der Waals surface area contributed by atoms with Crippen LogP contribution >= 0.6 is 7.52 Å². The molecular formula is C19H26NO3P. The fourth-order valence-corrected chi connectivity index (χ4v) is 3.44. The number of ether oxygens (including phenoxy) is 1. The molecule has 2 aromatic carbocycles. The smallest absolute Gasteiger partial charge is 0.338 e. The highest BCUT2D eigenvalue weighted by atomic mass is 31.2. The maximum Gasteiger partial charge on any atom is 0.338 e. The van der Waals surface area contributed by atoms with Crippen molar-refractivity contribution < 1.29 is 13.8 Å². The van der Waals surface area contributed by atoms with Gasteiger partial charge in [-0.1, -0.05) is 26.0 Å². The lowest BCUT2D eigenvalue weighted by molar-refractivity contribution is 0.242. The largest absolute Gasteiger partial charge is 0.491 e. The Kier molecular flexibility index (Phi) is 5.95. The van der Waals surface area contributed by atoms with Gasteiger partial charge in [0.15, 0.2) is 0 Å². The lowest BCUT2D eigenvalue weighted by atomic mass is 10.0. The van der Waals surface area contributed by atoms with Gasteiger partial charge in [0.25, 0.3) is 0 Å². The van der Waals surface area contributed by atoms with E-state index in [4.69, 9.17) is 9.26 Å². The average molecular weight is 347 g/mol.